The molecular formula is C21H42N2O. The lowest BCUT2D eigenvalue weighted by molar-refractivity contribution is -0.123. The van der Waals surface area contributed by atoms with Crippen LogP contribution in [0.5, 0.6) is 0 Å². The van der Waals surface area contributed by atoms with E-state index in [9.17, 15) is 4.79 Å². The zero-order chi connectivity index (χ0) is 18.0. The van der Waals surface area contributed by atoms with E-state index in [2.05, 4.69) is 36.2 Å². The first-order valence-electron chi connectivity index (χ1n) is 10.2. The van der Waals surface area contributed by atoms with Crippen molar-refractivity contribution in [1.82, 2.24) is 10.2 Å². The van der Waals surface area contributed by atoms with E-state index < -0.39 is 0 Å². The smallest absolute Gasteiger partial charge is 0.221 e. The fraction of sp³-hybridized carbons (Fsp3) is 0.857. The highest BCUT2D eigenvalue weighted by Gasteiger charge is 2.11. The fourth-order valence-electron chi connectivity index (χ4n) is 2.86. The maximum atomic E-state index is 11.9. The first-order chi connectivity index (χ1) is 11.6. The van der Waals surface area contributed by atoms with Crippen molar-refractivity contribution in [2.45, 2.75) is 103 Å². The van der Waals surface area contributed by atoms with Gasteiger partial charge in [-0.15, -0.1) is 0 Å². The summed E-state index contributed by atoms with van der Waals surface area (Å²) in [6.45, 7) is 4.36. The lowest BCUT2D eigenvalue weighted by Gasteiger charge is -2.23. The van der Waals surface area contributed by atoms with Gasteiger partial charge in [0.1, 0.15) is 0 Å². The van der Waals surface area contributed by atoms with Crippen LogP contribution in [0, 0.1) is 0 Å². The molecule has 0 fully saturated rings. The van der Waals surface area contributed by atoms with Crippen LogP contribution in [0.3, 0.4) is 0 Å². The molecule has 0 saturated carbocycles. The number of allylic oxidation sites excluding steroid dienone is 2. The summed E-state index contributed by atoms with van der Waals surface area (Å²) >= 11 is 0. The molecule has 1 atom stereocenters. The third-order valence-electron chi connectivity index (χ3n) is 4.50. The summed E-state index contributed by atoms with van der Waals surface area (Å²) in [6, 6.07) is 0. The van der Waals surface area contributed by atoms with Gasteiger partial charge in [-0.25, -0.2) is 0 Å². The van der Waals surface area contributed by atoms with Crippen molar-refractivity contribution in [2.24, 2.45) is 0 Å². The molecule has 142 valence electrons. The van der Waals surface area contributed by atoms with Gasteiger partial charge in [-0.2, -0.15) is 0 Å². The summed E-state index contributed by atoms with van der Waals surface area (Å²) in [7, 11) is 4.02. The number of carbonyl (C=O) groups is 1. The number of nitrogens with zero attached hydrogens (tertiary/aromatic N) is 1. The Bertz CT molecular complexity index is 313. The van der Waals surface area contributed by atoms with Gasteiger partial charge in [-0.05, 0) is 52.6 Å². The van der Waals surface area contributed by atoms with Crippen molar-refractivity contribution in [2.75, 3.05) is 14.1 Å². The van der Waals surface area contributed by atoms with Gasteiger partial charge in [0.15, 0.2) is 0 Å². The number of carbonyl (C=O) groups excluding carboxylic acids is 1. The van der Waals surface area contributed by atoms with Crippen molar-refractivity contribution in [3.63, 3.8) is 0 Å². The molecule has 0 aliphatic rings. The van der Waals surface area contributed by atoms with Crippen LogP contribution in [0.2, 0.25) is 0 Å². The molecule has 0 aliphatic heterocycles. The number of amides is 1. The molecule has 0 rings (SSSR count). The third-order valence-corrected chi connectivity index (χ3v) is 4.50. The molecule has 24 heavy (non-hydrogen) atoms. The van der Waals surface area contributed by atoms with E-state index in [1.807, 2.05) is 14.1 Å². The molecule has 0 spiro atoms. The standard InChI is InChI=1S/C21H42N2O/c1-5-7-8-9-10-11-12-13-14-15-16-17-18-19-21(24)22-20(6-2)23(3)4/h11-12,20H,5-10,13-19H2,1-4H3,(H,22,24)/b12-11-. The van der Waals surface area contributed by atoms with Crippen LogP contribution in [-0.2, 0) is 4.79 Å². The number of hydrogen-bond donors (Lipinski definition) is 1. The maximum Gasteiger partial charge on any atom is 0.221 e. The first-order valence-corrected chi connectivity index (χ1v) is 10.2. The summed E-state index contributed by atoms with van der Waals surface area (Å²) in [6.07, 6.45) is 20.4. The predicted octanol–water partition coefficient (Wildman–Crippen LogP) is 5.66. The zero-order valence-corrected chi connectivity index (χ0v) is 16.8. The Kier molecular flexibility index (Phi) is 16.4. The molecule has 0 aromatic heterocycles. The lowest BCUT2D eigenvalue weighted by Crippen LogP contribution is -2.44. The van der Waals surface area contributed by atoms with Crippen molar-refractivity contribution >= 4 is 5.91 Å². The van der Waals surface area contributed by atoms with E-state index in [1.54, 1.807) is 0 Å². The Labute approximate surface area is 151 Å². The van der Waals surface area contributed by atoms with Crippen molar-refractivity contribution in [3.05, 3.63) is 12.2 Å². The van der Waals surface area contributed by atoms with Gasteiger partial charge in [0, 0.05) is 6.42 Å². The molecule has 0 radical (unpaired) electrons. The molecule has 3 nitrogen and oxygen atoms in total. The van der Waals surface area contributed by atoms with Crippen LogP contribution < -0.4 is 5.32 Å². The molecule has 3 heteroatoms. The summed E-state index contributed by atoms with van der Waals surface area (Å²) in [5, 5.41) is 3.09. The minimum Gasteiger partial charge on any atom is -0.341 e. The molecule has 1 amide bonds. The Balaban J connectivity index is 3.38. The normalized spacial score (nSPS) is 12.9. The van der Waals surface area contributed by atoms with Crippen molar-refractivity contribution < 1.29 is 4.79 Å². The SMILES string of the molecule is CCCCCC/C=C\CCCCCCCC(=O)NC(CC)N(C)C. The van der Waals surface area contributed by atoms with Gasteiger partial charge in [0.25, 0.3) is 0 Å². The largest absolute Gasteiger partial charge is 0.341 e. The van der Waals surface area contributed by atoms with E-state index in [0.717, 1.165) is 12.8 Å². The molecule has 0 aromatic rings. The van der Waals surface area contributed by atoms with Crippen LogP contribution in [0.25, 0.3) is 0 Å². The molecule has 1 unspecified atom stereocenters. The van der Waals surface area contributed by atoms with Crippen LogP contribution in [-0.4, -0.2) is 31.1 Å². The molecular weight excluding hydrogens is 296 g/mol. The van der Waals surface area contributed by atoms with Gasteiger partial charge < -0.3 is 5.32 Å². The van der Waals surface area contributed by atoms with E-state index in [4.69, 9.17) is 0 Å². The fourth-order valence-corrected chi connectivity index (χ4v) is 2.86. The van der Waals surface area contributed by atoms with Gasteiger partial charge in [-0.1, -0.05) is 64.5 Å². The van der Waals surface area contributed by atoms with E-state index in [0.29, 0.717) is 6.42 Å². The maximum absolute atomic E-state index is 11.9. The Hall–Kier alpha value is -0.830. The zero-order valence-electron chi connectivity index (χ0n) is 16.8. The molecule has 0 aliphatic carbocycles. The third kappa shape index (κ3) is 14.7. The van der Waals surface area contributed by atoms with Gasteiger partial charge in [0.05, 0.1) is 6.17 Å². The van der Waals surface area contributed by atoms with Crippen LogP contribution in [0.15, 0.2) is 12.2 Å². The number of hydrogen-bond acceptors (Lipinski definition) is 2. The van der Waals surface area contributed by atoms with Gasteiger partial charge in [-0.3, -0.25) is 9.69 Å². The van der Waals surface area contributed by atoms with Crippen molar-refractivity contribution in [1.29, 1.82) is 0 Å². The van der Waals surface area contributed by atoms with E-state index in [-0.39, 0.29) is 12.1 Å². The number of unbranched alkanes of at least 4 members (excludes halogenated alkanes) is 9. The van der Waals surface area contributed by atoms with Gasteiger partial charge in [0.2, 0.25) is 5.91 Å². The first kappa shape index (κ1) is 23.2. The average Bonchev–Trinajstić information content (AvgIpc) is 2.56. The highest BCUT2D eigenvalue weighted by molar-refractivity contribution is 5.76. The summed E-state index contributed by atoms with van der Waals surface area (Å²) in [5.74, 6) is 0.196. The summed E-state index contributed by atoms with van der Waals surface area (Å²) in [5.41, 5.74) is 0. The van der Waals surface area contributed by atoms with Gasteiger partial charge >= 0.3 is 0 Å². The lowest BCUT2D eigenvalue weighted by atomic mass is 10.1. The average molecular weight is 339 g/mol. The number of rotatable bonds is 16. The van der Waals surface area contributed by atoms with Crippen LogP contribution in [0.1, 0.15) is 97.3 Å². The topological polar surface area (TPSA) is 32.3 Å². The predicted molar refractivity (Wildman–Crippen MR) is 106 cm³/mol. The monoisotopic (exact) mass is 338 g/mol. The Morgan fingerprint density at radius 1 is 0.875 bits per heavy atom. The summed E-state index contributed by atoms with van der Waals surface area (Å²) < 4.78 is 0. The van der Waals surface area contributed by atoms with Crippen LogP contribution in [0.4, 0.5) is 0 Å². The quantitative estimate of drug-likeness (QED) is 0.224. The van der Waals surface area contributed by atoms with Crippen molar-refractivity contribution in [3.8, 4) is 0 Å². The Morgan fingerprint density at radius 3 is 1.96 bits per heavy atom. The second-order valence-corrected chi connectivity index (χ2v) is 7.08. The highest BCUT2D eigenvalue weighted by Crippen LogP contribution is 2.09. The highest BCUT2D eigenvalue weighted by atomic mass is 16.1. The number of nitrogens with one attached hydrogen (secondary N) is 1. The minimum absolute atomic E-state index is 0.172. The molecule has 0 bridgehead atoms. The molecule has 0 aromatic carbocycles. The summed E-state index contributed by atoms with van der Waals surface area (Å²) in [4.78, 5) is 13.9. The minimum atomic E-state index is 0.172. The molecule has 1 N–H and O–H groups in total. The molecule has 0 heterocycles. The molecule has 0 saturated heterocycles. The second-order valence-electron chi connectivity index (χ2n) is 7.08. The van der Waals surface area contributed by atoms with E-state index >= 15 is 0 Å². The van der Waals surface area contributed by atoms with E-state index in [1.165, 1.54) is 64.2 Å². The second kappa shape index (κ2) is 17.0. The Morgan fingerprint density at radius 2 is 1.42 bits per heavy atom. The van der Waals surface area contributed by atoms with Crippen LogP contribution >= 0.6 is 0 Å².